The maximum atomic E-state index is 12.4. The van der Waals surface area contributed by atoms with Gasteiger partial charge in [-0.1, -0.05) is 65.2 Å². The Kier molecular flexibility index (Phi) is 10.9. The summed E-state index contributed by atoms with van der Waals surface area (Å²) in [6.07, 6.45) is 15.7. The fourth-order valence-electron chi connectivity index (χ4n) is 3.44. The van der Waals surface area contributed by atoms with Gasteiger partial charge in [-0.15, -0.1) is 0 Å². The Morgan fingerprint density at radius 1 is 0.652 bits per heavy atom. The Labute approximate surface area is 143 Å². The molecule has 0 aromatic carbocycles. The van der Waals surface area contributed by atoms with Crippen molar-refractivity contribution in [2.75, 3.05) is 0 Å². The van der Waals surface area contributed by atoms with Gasteiger partial charge in [0.15, 0.2) is 11.6 Å². The van der Waals surface area contributed by atoms with Crippen LogP contribution in [0, 0.1) is 0 Å². The van der Waals surface area contributed by atoms with Gasteiger partial charge in [-0.25, -0.2) is 0 Å². The molecule has 2 nitrogen and oxygen atoms in total. The van der Waals surface area contributed by atoms with Gasteiger partial charge in [-0.3, -0.25) is 9.59 Å². The highest BCUT2D eigenvalue weighted by atomic mass is 16.1. The second-order valence-electron chi connectivity index (χ2n) is 6.99. The summed E-state index contributed by atoms with van der Waals surface area (Å²) in [4.78, 5) is 24.8. The minimum Gasteiger partial charge on any atom is -0.295 e. The number of carbonyl (C=O) groups is 2. The first-order chi connectivity index (χ1) is 11.2. The van der Waals surface area contributed by atoms with E-state index in [0.717, 1.165) is 56.1 Å². The molecule has 0 heterocycles. The van der Waals surface area contributed by atoms with Gasteiger partial charge < -0.3 is 0 Å². The average Bonchev–Trinajstić information content (AvgIpc) is 3.04. The summed E-state index contributed by atoms with van der Waals surface area (Å²) >= 11 is 0. The van der Waals surface area contributed by atoms with Crippen LogP contribution < -0.4 is 0 Å². The van der Waals surface area contributed by atoms with Crippen molar-refractivity contribution in [1.82, 2.24) is 0 Å². The third kappa shape index (κ3) is 7.94. The van der Waals surface area contributed by atoms with E-state index in [-0.39, 0.29) is 11.6 Å². The van der Waals surface area contributed by atoms with E-state index < -0.39 is 0 Å². The van der Waals surface area contributed by atoms with E-state index in [4.69, 9.17) is 0 Å². The summed E-state index contributed by atoms with van der Waals surface area (Å²) in [5.41, 5.74) is 1.78. The summed E-state index contributed by atoms with van der Waals surface area (Å²) in [7, 11) is 0. The van der Waals surface area contributed by atoms with Crippen LogP contribution in [0.5, 0.6) is 0 Å². The largest absolute Gasteiger partial charge is 0.295 e. The van der Waals surface area contributed by atoms with Crippen LogP contribution in [0.4, 0.5) is 0 Å². The van der Waals surface area contributed by atoms with Crippen LogP contribution in [-0.4, -0.2) is 11.6 Å². The highest BCUT2D eigenvalue weighted by Crippen LogP contribution is 2.30. The number of rotatable bonds is 14. The molecule has 0 atom stereocenters. The normalized spacial score (nSPS) is 14.5. The second-order valence-corrected chi connectivity index (χ2v) is 6.99. The highest BCUT2D eigenvalue weighted by Gasteiger charge is 2.24. The lowest BCUT2D eigenvalue weighted by molar-refractivity contribution is -0.118. The molecule has 0 radical (unpaired) electrons. The molecule has 0 saturated heterocycles. The van der Waals surface area contributed by atoms with Gasteiger partial charge in [-0.05, 0) is 32.1 Å². The molecule has 0 amide bonds. The molecule has 23 heavy (non-hydrogen) atoms. The number of hydrogen-bond donors (Lipinski definition) is 0. The van der Waals surface area contributed by atoms with E-state index in [2.05, 4.69) is 13.8 Å². The van der Waals surface area contributed by atoms with Crippen molar-refractivity contribution in [3.63, 3.8) is 0 Å². The average molecular weight is 321 g/mol. The van der Waals surface area contributed by atoms with Crippen LogP contribution in [0.25, 0.3) is 0 Å². The summed E-state index contributed by atoms with van der Waals surface area (Å²) in [6.45, 7) is 4.41. The SMILES string of the molecule is CCCCCCCC(=O)C1=C(C(=O)CCCCCCC)CCC1. The molecule has 1 aliphatic carbocycles. The van der Waals surface area contributed by atoms with Gasteiger partial charge in [0.2, 0.25) is 0 Å². The maximum absolute atomic E-state index is 12.4. The quantitative estimate of drug-likeness (QED) is 0.351. The number of unbranched alkanes of at least 4 members (excludes halogenated alkanes) is 8. The standard InChI is InChI=1S/C21H36O2/c1-3-5-7-9-11-16-20(22)18-14-13-15-19(18)21(23)17-12-10-8-6-4-2/h3-17H2,1-2H3. The van der Waals surface area contributed by atoms with Gasteiger partial charge in [0, 0.05) is 24.0 Å². The van der Waals surface area contributed by atoms with Gasteiger partial charge in [0.05, 0.1) is 0 Å². The minimum absolute atomic E-state index is 0.258. The van der Waals surface area contributed by atoms with E-state index in [1.54, 1.807) is 0 Å². The Hall–Kier alpha value is -0.920. The third-order valence-corrected chi connectivity index (χ3v) is 4.91. The lowest BCUT2D eigenvalue weighted by Gasteiger charge is -2.07. The van der Waals surface area contributed by atoms with Crippen LogP contribution in [0.1, 0.15) is 110 Å². The molecule has 1 rings (SSSR count). The molecule has 0 N–H and O–H groups in total. The fraction of sp³-hybridized carbons (Fsp3) is 0.810. The van der Waals surface area contributed by atoms with Crippen LogP contribution >= 0.6 is 0 Å². The zero-order valence-corrected chi connectivity index (χ0v) is 15.4. The van der Waals surface area contributed by atoms with Gasteiger partial charge in [0.1, 0.15) is 0 Å². The number of ketones is 2. The first kappa shape index (κ1) is 20.1. The lowest BCUT2D eigenvalue weighted by Crippen LogP contribution is -2.08. The molecular weight excluding hydrogens is 284 g/mol. The van der Waals surface area contributed by atoms with Gasteiger partial charge >= 0.3 is 0 Å². The maximum Gasteiger partial charge on any atom is 0.159 e. The monoisotopic (exact) mass is 320 g/mol. The van der Waals surface area contributed by atoms with Crippen molar-refractivity contribution in [2.24, 2.45) is 0 Å². The van der Waals surface area contributed by atoms with E-state index in [1.165, 1.54) is 38.5 Å². The fourth-order valence-corrected chi connectivity index (χ4v) is 3.44. The van der Waals surface area contributed by atoms with Crippen LogP contribution in [0.3, 0.4) is 0 Å². The Morgan fingerprint density at radius 2 is 1.04 bits per heavy atom. The zero-order valence-electron chi connectivity index (χ0n) is 15.4. The van der Waals surface area contributed by atoms with Crippen molar-refractivity contribution in [1.29, 1.82) is 0 Å². The number of Topliss-reactive ketones (excluding diaryl/α,β-unsaturated/α-hetero) is 2. The number of allylic oxidation sites excluding steroid dienone is 2. The molecule has 0 saturated carbocycles. The molecule has 0 fully saturated rings. The molecule has 132 valence electrons. The van der Waals surface area contributed by atoms with Crippen LogP contribution in [0.2, 0.25) is 0 Å². The second kappa shape index (κ2) is 12.5. The minimum atomic E-state index is 0.258. The van der Waals surface area contributed by atoms with Gasteiger partial charge in [-0.2, -0.15) is 0 Å². The smallest absolute Gasteiger partial charge is 0.159 e. The van der Waals surface area contributed by atoms with Crippen molar-refractivity contribution >= 4 is 11.6 Å². The summed E-state index contributed by atoms with van der Waals surface area (Å²) in [5.74, 6) is 0.515. The third-order valence-electron chi connectivity index (χ3n) is 4.91. The van der Waals surface area contributed by atoms with Crippen LogP contribution in [-0.2, 0) is 9.59 Å². The molecule has 1 aliphatic rings. The molecule has 0 aliphatic heterocycles. The first-order valence-corrected chi connectivity index (χ1v) is 9.99. The predicted molar refractivity (Wildman–Crippen MR) is 97.6 cm³/mol. The van der Waals surface area contributed by atoms with E-state index >= 15 is 0 Å². The molecule has 2 heteroatoms. The van der Waals surface area contributed by atoms with Crippen molar-refractivity contribution in [2.45, 2.75) is 110 Å². The molecule has 0 unspecified atom stereocenters. The predicted octanol–water partition coefficient (Wildman–Crippen LogP) is 6.33. The van der Waals surface area contributed by atoms with Crippen molar-refractivity contribution in [3.8, 4) is 0 Å². The molecule has 0 bridgehead atoms. The lowest BCUT2D eigenvalue weighted by atomic mass is 9.96. The number of carbonyl (C=O) groups excluding carboxylic acids is 2. The summed E-state index contributed by atoms with van der Waals surface area (Å²) in [6, 6.07) is 0. The van der Waals surface area contributed by atoms with Crippen molar-refractivity contribution in [3.05, 3.63) is 11.1 Å². The van der Waals surface area contributed by atoms with Crippen LogP contribution in [0.15, 0.2) is 11.1 Å². The first-order valence-electron chi connectivity index (χ1n) is 9.99. The van der Waals surface area contributed by atoms with Crippen molar-refractivity contribution < 1.29 is 9.59 Å². The summed E-state index contributed by atoms with van der Waals surface area (Å²) < 4.78 is 0. The molecular formula is C21H36O2. The zero-order chi connectivity index (χ0) is 16.9. The highest BCUT2D eigenvalue weighted by molar-refractivity contribution is 6.07. The Morgan fingerprint density at radius 3 is 1.43 bits per heavy atom. The molecule has 0 aromatic rings. The Bertz CT molecular complexity index is 357. The molecule has 0 aromatic heterocycles. The van der Waals surface area contributed by atoms with E-state index in [1.807, 2.05) is 0 Å². The topological polar surface area (TPSA) is 34.1 Å². The number of hydrogen-bond acceptors (Lipinski definition) is 2. The Balaban J connectivity index is 2.37. The van der Waals surface area contributed by atoms with E-state index in [0.29, 0.717) is 12.8 Å². The summed E-state index contributed by atoms with van der Waals surface area (Å²) in [5, 5.41) is 0. The molecule has 0 spiro atoms. The van der Waals surface area contributed by atoms with E-state index in [9.17, 15) is 9.59 Å². The van der Waals surface area contributed by atoms with Gasteiger partial charge in [0.25, 0.3) is 0 Å².